The van der Waals surface area contributed by atoms with E-state index in [-0.39, 0.29) is 5.91 Å². The number of benzene rings is 3. The van der Waals surface area contributed by atoms with Crippen LogP contribution in [0.2, 0.25) is 0 Å². The number of urea groups is 1. The van der Waals surface area contributed by atoms with Crippen molar-refractivity contribution in [2.24, 2.45) is 0 Å². The highest BCUT2D eigenvalue weighted by atomic mass is 16.5. The van der Waals surface area contributed by atoms with E-state index in [2.05, 4.69) is 10.6 Å². The molecule has 2 N–H and O–H groups in total. The lowest BCUT2D eigenvalue weighted by Gasteiger charge is -2.19. The maximum absolute atomic E-state index is 13.1. The van der Waals surface area contributed by atoms with Crippen molar-refractivity contribution in [3.63, 3.8) is 0 Å². The molecule has 0 aromatic heterocycles. The van der Waals surface area contributed by atoms with Crippen molar-refractivity contribution in [2.45, 2.75) is 6.92 Å². The van der Waals surface area contributed by atoms with Crippen LogP contribution in [0.4, 0.5) is 21.9 Å². The maximum atomic E-state index is 13.1. The minimum Gasteiger partial charge on any atom is -0.497 e. The van der Waals surface area contributed by atoms with Crippen molar-refractivity contribution in [2.75, 3.05) is 29.2 Å². The van der Waals surface area contributed by atoms with Crippen LogP contribution in [0.5, 0.6) is 17.2 Å². The lowest BCUT2D eigenvalue weighted by Crippen LogP contribution is -2.29. The Bertz CT molecular complexity index is 1110. The Balaban J connectivity index is 1.57. The molecule has 0 atom stereocenters. The van der Waals surface area contributed by atoms with Crippen molar-refractivity contribution in [1.82, 2.24) is 0 Å². The summed E-state index contributed by atoms with van der Waals surface area (Å²) in [6.45, 7) is 2.40. The van der Waals surface area contributed by atoms with E-state index in [1.54, 1.807) is 54.5 Å². The third-order valence-electron chi connectivity index (χ3n) is 4.73. The molecule has 0 fully saturated rings. The second-order valence-corrected chi connectivity index (χ2v) is 6.64. The number of nitrogens with one attached hydrogen (secondary N) is 2. The predicted molar refractivity (Wildman–Crippen MR) is 116 cm³/mol. The minimum atomic E-state index is -0.430. The van der Waals surface area contributed by atoms with E-state index in [4.69, 9.17) is 9.47 Å². The van der Waals surface area contributed by atoms with Gasteiger partial charge in [-0.1, -0.05) is 18.2 Å². The van der Waals surface area contributed by atoms with Crippen LogP contribution >= 0.6 is 0 Å². The average molecular weight is 403 g/mol. The molecule has 1 heterocycles. The van der Waals surface area contributed by atoms with E-state index in [1.165, 1.54) is 0 Å². The molecule has 0 radical (unpaired) electrons. The van der Waals surface area contributed by atoms with Gasteiger partial charge in [-0.05, 0) is 49.4 Å². The van der Waals surface area contributed by atoms with E-state index in [1.807, 2.05) is 31.2 Å². The van der Waals surface area contributed by atoms with Gasteiger partial charge < -0.3 is 25.0 Å². The molecule has 0 bridgehead atoms. The number of fused-ring (bicyclic) bond motifs is 2. The summed E-state index contributed by atoms with van der Waals surface area (Å²) >= 11 is 0. The monoisotopic (exact) mass is 403 g/mol. The van der Waals surface area contributed by atoms with Gasteiger partial charge in [0.25, 0.3) is 5.91 Å². The summed E-state index contributed by atoms with van der Waals surface area (Å²) in [5.74, 6) is 1.51. The summed E-state index contributed by atoms with van der Waals surface area (Å²) in [6, 6.07) is 19.0. The van der Waals surface area contributed by atoms with Gasteiger partial charge in [-0.3, -0.25) is 4.79 Å². The molecular weight excluding hydrogens is 382 g/mol. The largest absolute Gasteiger partial charge is 0.497 e. The summed E-state index contributed by atoms with van der Waals surface area (Å²) in [4.78, 5) is 27.2. The molecule has 0 unspecified atom stereocenters. The number of para-hydroxylation sites is 2. The van der Waals surface area contributed by atoms with E-state index < -0.39 is 6.03 Å². The summed E-state index contributed by atoms with van der Waals surface area (Å²) in [5, 5.41) is 5.50. The minimum absolute atomic E-state index is 0.186. The molecule has 0 aliphatic carbocycles. The van der Waals surface area contributed by atoms with Gasteiger partial charge in [-0.25, -0.2) is 4.79 Å². The predicted octanol–water partition coefficient (Wildman–Crippen LogP) is 5.11. The Morgan fingerprint density at radius 3 is 2.50 bits per heavy atom. The van der Waals surface area contributed by atoms with Gasteiger partial charge in [-0.15, -0.1) is 0 Å². The third-order valence-corrected chi connectivity index (χ3v) is 4.73. The molecule has 0 saturated heterocycles. The SMILES string of the molecule is CCN1C(=O)c2cc(NC(=O)Nc3cccc(OC)c3)ccc2Oc2ccccc21. The van der Waals surface area contributed by atoms with Crippen LogP contribution in [0.3, 0.4) is 0 Å². The molecule has 7 heteroatoms. The molecule has 30 heavy (non-hydrogen) atoms. The zero-order valence-corrected chi connectivity index (χ0v) is 16.6. The third kappa shape index (κ3) is 3.77. The van der Waals surface area contributed by atoms with Crippen molar-refractivity contribution in [3.8, 4) is 17.2 Å². The van der Waals surface area contributed by atoms with Gasteiger partial charge in [0, 0.05) is 24.0 Å². The van der Waals surface area contributed by atoms with Crippen LogP contribution in [0.15, 0.2) is 66.7 Å². The zero-order chi connectivity index (χ0) is 21.1. The molecule has 1 aliphatic heterocycles. The Hall–Kier alpha value is -4.00. The molecule has 1 aliphatic rings. The lowest BCUT2D eigenvalue weighted by atomic mass is 10.1. The van der Waals surface area contributed by atoms with Crippen LogP contribution in [0.1, 0.15) is 17.3 Å². The molecule has 0 spiro atoms. The van der Waals surface area contributed by atoms with Gasteiger partial charge in [-0.2, -0.15) is 0 Å². The van der Waals surface area contributed by atoms with E-state index in [0.717, 1.165) is 0 Å². The highest BCUT2D eigenvalue weighted by molar-refractivity contribution is 6.10. The lowest BCUT2D eigenvalue weighted by molar-refractivity contribution is 0.0988. The number of rotatable bonds is 4. The average Bonchev–Trinajstić information content (AvgIpc) is 2.87. The molecule has 3 aromatic rings. The number of hydrogen-bond acceptors (Lipinski definition) is 4. The van der Waals surface area contributed by atoms with Crippen LogP contribution in [0.25, 0.3) is 0 Å². The molecule has 3 amide bonds. The fourth-order valence-electron chi connectivity index (χ4n) is 3.31. The number of carbonyl (C=O) groups is 2. The fraction of sp³-hybridized carbons (Fsp3) is 0.130. The fourth-order valence-corrected chi connectivity index (χ4v) is 3.31. The second-order valence-electron chi connectivity index (χ2n) is 6.64. The quantitative estimate of drug-likeness (QED) is 0.634. The topological polar surface area (TPSA) is 79.9 Å². The van der Waals surface area contributed by atoms with Gasteiger partial charge in [0.1, 0.15) is 11.5 Å². The maximum Gasteiger partial charge on any atom is 0.323 e. The zero-order valence-electron chi connectivity index (χ0n) is 16.6. The number of methoxy groups -OCH3 is 1. The van der Waals surface area contributed by atoms with Gasteiger partial charge in [0.2, 0.25) is 0 Å². The Labute approximate surface area is 174 Å². The van der Waals surface area contributed by atoms with Crippen LogP contribution in [-0.2, 0) is 0 Å². The first-order valence-corrected chi connectivity index (χ1v) is 9.54. The summed E-state index contributed by atoms with van der Waals surface area (Å²) in [6.07, 6.45) is 0. The van der Waals surface area contributed by atoms with Crippen LogP contribution in [0, 0.1) is 0 Å². The van der Waals surface area contributed by atoms with E-state index in [0.29, 0.717) is 46.4 Å². The van der Waals surface area contributed by atoms with E-state index in [9.17, 15) is 9.59 Å². The van der Waals surface area contributed by atoms with Crippen LogP contribution in [-0.4, -0.2) is 25.6 Å². The van der Waals surface area contributed by atoms with Crippen LogP contribution < -0.4 is 25.0 Å². The Morgan fingerprint density at radius 1 is 0.967 bits per heavy atom. The first-order valence-electron chi connectivity index (χ1n) is 9.54. The summed E-state index contributed by atoms with van der Waals surface area (Å²) in [5.41, 5.74) is 2.17. The van der Waals surface area contributed by atoms with Gasteiger partial charge in [0.05, 0.1) is 18.4 Å². The number of anilines is 3. The molecular formula is C23H21N3O4. The highest BCUT2D eigenvalue weighted by Crippen LogP contribution is 2.39. The first-order chi connectivity index (χ1) is 14.6. The molecule has 152 valence electrons. The van der Waals surface area contributed by atoms with Crippen molar-refractivity contribution in [3.05, 3.63) is 72.3 Å². The van der Waals surface area contributed by atoms with Crippen molar-refractivity contribution in [1.29, 1.82) is 0 Å². The Morgan fingerprint density at radius 2 is 1.73 bits per heavy atom. The molecule has 3 aromatic carbocycles. The Kier molecular flexibility index (Phi) is 5.26. The number of ether oxygens (including phenoxy) is 2. The second kappa shape index (κ2) is 8.16. The standard InChI is InChI=1S/C23H21N3O4/c1-3-26-19-9-4-5-10-21(19)30-20-12-11-16(14-18(20)22(26)27)25-23(28)24-15-7-6-8-17(13-15)29-2/h4-14H,3H2,1-2H3,(H2,24,25,28). The van der Waals surface area contributed by atoms with Crippen molar-refractivity contribution < 1.29 is 19.1 Å². The van der Waals surface area contributed by atoms with E-state index >= 15 is 0 Å². The smallest absolute Gasteiger partial charge is 0.323 e. The van der Waals surface area contributed by atoms with Gasteiger partial charge >= 0.3 is 6.03 Å². The molecule has 4 rings (SSSR count). The summed E-state index contributed by atoms with van der Waals surface area (Å²) in [7, 11) is 1.56. The highest BCUT2D eigenvalue weighted by Gasteiger charge is 2.27. The molecule has 7 nitrogen and oxygen atoms in total. The number of amides is 3. The van der Waals surface area contributed by atoms with Gasteiger partial charge in [0.15, 0.2) is 5.75 Å². The normalized spacial score (nSPS) is 12.2. The molecule has 0 saturated carbocycles. The van der Waals surface area contributed by atoms with Crippen molar-refractivity contribution >= 4 is 29.0 Å². The first kappa shape index (κ1) is 19.3. The number of nitrogens with zero attached hydrogens (tertiary/aromatic N) is 1. The number of carbonyl (C=O) groups excluding carboxylic acids is 2. The number of hydrogen-bond donors (Lipinski definition) is 2. The summed E-state index contributed by atoms with van der Waals surface area (Å²) < 4.78 is 11.1.